The SMILES string of the molecule is CN=C(NCc1ccoc1)NCC(C)(O)c1ccc(C)o1.I. The Kier molecular flexibility index (Phi) is 6.95. The first-order chi connectivity index (χ1) is 10.0. The third kappa shape index (κ3) is 5.06. The van der Waals surface area contributed by atoms with E-state index in [1.807, 2.05) is 19.1 Å². The van der Waals surface area contributed by atoms with Gasteiger partial charge in [-0.1, -0.05) is 0 Å². The molecule has 2 aromatic rings. The first kappa shape index (κ1) is 18.6. The van der Waals surface area contributed by atoms with Crippen LogP contribution in [0.3, 0.4) is 0 Å². The topological polar surface area (TPSA) is 82.9 Å². The lowest BCUT2D eigenvalue weighted by molar-refractivity contribution is 0.0378. The monoisotopic (exact) mass is 419 g/mol. The summed E-state index contributed by atoms with van der Waals surface area (Å²) in [5, 5.41) is 16.7. The van der Waals surface area contributed by atoms with E-state index < -0.39 is 5.60 Å². The van der Waals surface area contributed by atoms with Gasteiger partial charge in [0.25, 0.3) is 0 Å². The molecule has 0 radical (unpaired) electrons. The van der Waals surface area contributed by atoms with Crippen LogP contribution < -0.4 is 10.6 Å². The fraction of sp³-hybridized carbons (Fsp3) is 0.400. The van der Waals surface area contributed by atoms with E-state index in [1.54, 1.807) is 32.6 Å². The van der Waals surface area contributed by atoms with E-state index in [0.717, 1.165) is 11.3 Å². The van der Waals surface area contributed by atoms with Crippen LogP contribution >= 0.6 is 24.0 Å². The van der Waals surface area contributed by atoms with Gasteiger partial charge in [-0.15, -0.1) is 24.0 Å². The van der Waals surface area contributed by atoms with Crippen molar-refractivity contribution < 1.29 is 13.9 Å². The Morgan fingerprint density at radius 3 is 2.64 bits per heavy atom. The van der Waals surface area contributed by atoms with E-state index in [2.05, 4.69) is 15.6 Å². The Hall–Kier alpha value is -1.48. The highest BCUT2D eigenvalue weighted by atomic mass is 127. The molecular weight excluding hydrogens is 397 g/mol. The molecule has 0 aromatic carbocycles. The summed E-state index contributed by atoms with van der Waals surface area (Å²) in [6, 6.07) is 5.48. The lowest BCUT2D eigenvalue weighted by atomic mass is 10.0. The summed E-state index contributed by atoms with van der Waals surface area (Å²) in [5.74, 6) is 1.89. The molecule has 0 amide bonds. The minimum Gasteiger partial charge on any atom is -0.472 e. The van der Waals surface area contributed by atoms with Crippen molar-refractivity contribution >= 4 is 29.9 Å². The molecule has 0 aliphatic rings. The van der Waals surface area contributed by atoms with E-state index in [1.165, 1.54) is 0 Å². The quantitative estimate of drug-likeness (QED) is 0.394. The summed E-state index contributed by atoms with van der Waals surface area (Å²) in [5.41, 5.74) is -0.0898. The lowest BCUT2D eigenvalue weighted by Crippen LogP contribution is -2.44. The van der Waals surface area contributed by atoms with Crippen LogP contribution in [-0.4, -0.2) is 24.7 Å². The summed E-state index contributed by atoms with van der Waals surface area (Å²) >= 11 is 0. The highest BCUT2D eigenvalue weighted by Crippen LogP contribution is 2.21. The van der Waals surface area contributed by atoms with Gasteiger partial charge in [0.2, 0.25) is 0 Å². The highest BCUT2D eigenvalue weighted by molar-refractivity contribution is 14.0. The minimum atomic E-state index is -1.11. The standard InChI is InChI=1S/C15H21N3O3.HI/c1-11-4-5-13(21-11)15(2,19)10-18-14(16-3)17-8-12-6-7-20-9-12;/h4-7,9,19H,8,10H2,1-3H3,(H2,16,17,18);1H. The van der Waals surface area contributed by atoms with Crippen molar-refractivity contribution in [3.63, 3.8) is 0 Å². The van der Waals surface area contributed by atoms with Crippen LogP contribution in [0, 0.1) is 6.92 Å². The molecule has 6 nitrogen and oxygen atoms in total. The van der Waals surface area contributed by atoms with Gasteiger partial charge in [0.15, 0.2) is 5.96 Å². The van der Waals surface area contributed by atoms with Crippen molar-refractivity contribution in [2.75, 3.05) is 13.6 Å². The van der Waals surface area contributed by atoms with Crippen molar-refractivity contribution in [2.45, 2.75) is 26.0 Å². The first-order valence-corrected chi connectivity index (χ1v) is 6.76. The molecule has 0 spiro atoms. The van der Waals surface area contributed by atoms with E-state index >= 15 is 0 Å². The lowest BCUT2D eigenvalue weighted by Gasteiger charge is -2.22. The second kappa shape index (κ2) is 8.23. The molecule has 1 atom stereocenters. The maximum absolute atomic E-state index is 10.4. The number of hydrogen-bond acceptors (Lipinski definition) is 4. The molecule has 3 N–H and O–H groups in total. The van der Waals surface area contributed by atoms with Gasteiger partial charge < -0.3 is 24.6 Å². The molecule has 0 saturated carbocycles. The van der Waals surface area contributed by atoms with Gasteiger partial charge in [-0.25, -0.2) is 0 Å². The maximum atomic E-state index is 10.4. The van der Waals surface area contributed by atoms with E-state index in [0.29, 0.717) is 18.3 Å². The molecule has 0 fully saturated rings. The van der Waals surface area contributed by atoms with Crippen LogP contribution in [-0.2, 0) is 12.1 Å². The van der Waals surface area contributed by atoms with Gasteiger partial charge in [0, 0.05) is 19.2 Å². The predicted octanol–water partition coefficient (Wildman–Crippen LogP) is 2.37. The Morgan fingerprint density at radius 2 is 2.09 bits per heavy atom. The van der Waals surface area contributed by atoms with Gasteiger partial charge in [0.1, 0.15) is 17.1 Å². The summed E-state index contributed by atoms with van der Waals surface area (Å²) in [6.45, 7) is 4.42. The summed E-state index contributed by atoms with van der Waals surface area (Å²) < 4.78 is 10.5. The van der Waals surface area contributed by atoms with E-state index in [9.17, 15) is 5.11 Å². The Morgan fingerprint density at radius 1 is 1.32 bits per heavy atom. The smallest absolute Gasteiger partial charge is 0.191 e. The molecule has 2 aromatic heterocycles. The summed E-state index contributed by atoms with van der Waals surface area (Å²) in [7, 11) is 1.68. The van der Waals surface area contributed by atoms with Crippen LogP contribution in [0.5, 0.6) is 0 Å². The first-order valence-electron chi connectivity index (χ1n) is 6.76. The minimum absolute atomic E-state index is 0. The second-order valence-electron chi connectivity index (χ2n) is 5.10. The van der Waals surface area contributed by atoms with Crippen molar-refractivity contribution in [1.29, 1.82) is 0 Å². The number of aryl methyl sites for hydroxylation is 1. The number of halogens is 1. The number of guanidine groups is 1. The van der Waals surface area contributed by atoms with E-state index in [-0.39, 0.29) is 30.5 Å². The molecule has 122 valence electrons. The number of rotatable bonds is 5. The highest BCUT2D eigenvalue weighted by Gasteiger charge is 2.26. The fourth-order valence-electron chi connectivity index (χ4n) is 1.87. The Bertz CT molecular complexity index is 591. The van der Waals surface area contributed by atoms with Crippen molar-refractivity contribution in [2.24, 2.45) is 4.99 Å². The molecular formula is C15H22IN3O3. The van der Waals surface area contributed by atoms with Gasteiger partial charge in [-0.2, -0.15) is 0 Å². The van der Waals surface area contributed by atoms with Gasteiger partial charge in [-0.3, -0.25) is 4.99 Å². The van der Waals surface area contributed by atoms with Crippen molar-refractivity contribution in [3.8, 4) is 0 Å². The molecule has 0 aliphatic carbocycles. The van der Waals surface area contributed by atoms with E-state index in [4.69, 9.17) is 8.83 Å². The number of nitrogens with zero attached hydrogens (tertiary/aromatic N) is 1. The van der Waals surface area contributed by atoms with Crippen LogP contribution in [0.2, 0.25) is 0 Å². The number of furan rings is 2. The fourth-order valence-corrected chi connectivity index (χ4v) is 1.87. The number of aliphatic hydroxyl groups is 1. The predicted molar refractivity (Wildman–Crippen MR) is 95.3 cm³/mol. The molecule has 7 heteroatoms. The third-order valence-electron chi connectivity index (χ3n) is 3.13. The second-order valence-corrected chi connectivity index (χ2v) is 5.10. The molecule has 0 aliphatic heterocycles. The third-order valence-corrected chi connectivity index (χ3v) is 3.13. The van der Waals surface area contributed by atoms with Gasteiger partial charge in [-0.05, 0) is 32.0 Å². The van der Waals surface area contributed by atoms with Crippen LogP contribution in [0.4, 0.5) is 0 Å². The summed E-state index contributed by atoms with van der Waals surface area (Å²) in [6.07, 6.45) is 3.29. The van der Waals surface area contributed by atoms with Gasteiger partial charge >= 0.3 is 0 Å². The Balaban J connectivity index is 0.00000242. The maximum Gasteiger partial charge on any atom is 0.191 e. The average Bonchev–Trinajstić information content (AvgIpc) is 3.10. The van der Waals surface area contributed by atoms with Crippen LogP contribution in [0.1, 0.15) is 24.0 Å². The largest absolute Gasteiger partial charge is 0.472 e. The average molecular weight is 419 g/mol. The van der Waals surface area contributed by atoms with Crippen molar-refractivity contribution in [1.82, 2.24) is 10.6 Å². The molecule has 2 heterocycles. The van der Waals surface area contributed by atoms with Crippen molar-refractivity contribution in [3.05, 3.63) is 47.8 Å². The molecule has 2 rings (SSSR count). The summed E-state index contributed by atoms with van der Waals surface area (Å²) in [4.78, 5) is 4.11. The molecule has 0 saturated heterocycles. The molecule has 0 bridgehead atoms. The number of hydrogen-bond donors (Lipinski definition) is 3. The van der Waals surface area contributed by atoms with Crippen LogP contribution in [0.15, 0.2) is 44.6 Å². The zero-order valence-electron chi connectivity index (χ0n) is 12.9. The number of nitrogens with one attached hydrogen (secondary N) is 2. The Labute approximate surface area is 147 Å². The zero-order chi connectivity index (χ0) is 15.3. The van der Waals surface area contributed by atoms with Crippen LogP contribution in [0.25, 0.3) is 0 Å². The van der Waals surface area contributed by atoms with Gasteiger partial charge in [0.05, 0.1) is 19.1 Å². The molecule has 22 heavy (non-hydrogen) atoms. The zero-order valence-corrected chi connectivity index (χ0v) is 15.3. The molecule has 1 unspecified atom stereocenters. The normalized spacial score (nSPS) is 14.1. The number of aliphatic imine (C=N–C) groups is 1.